The molecule has 4 rings (SSSR count). The molecule has 4 saturated carbocycles. The van der Waals surface area contributed by atoms with Gasteiger partial charge >= 0.3 is 0 Å². The van der Waals surface area contributed by atoms with E-state index >= 15 is 0 Å². The van der Waals surface area contributed by atoms with E-state index < -0.39 is 0 Å². The minimum Gasteiger partial charge on any atom is -0.0530 e. The van der Waals surface area contributed by atoms with Crippen molar-refractivity contribution in [2.45, 2.75) is 64.2 Å². The third-order valence-electron chi connectivity index (χ3n) is 6.57. The van der Waals surface area contributed by atoms with Gasteiger partial charge in [0.15, 0.2) is 0 Å². The lowest BCUT2D eigenvalue weighted by Gasteiger charge is -2.38. The van der Waals surface area contributed by atoms with Crippen molar-refractivity contribution < 1.29 is 0 Å². The molecule has 4 aliphatic carbocycles. The average molecular weight is 204 g/mol. The molecule has 0 amide bonds. The van der Waals surface area contributed by atoms with Crippen LogP contribution in [-0.2, 0) is 0 Å². The molecule has 0 aromatic rings. The molecule has 4 aliphatic rings. The normalized spacial score (nSPS) is 57.6. The molecule has 84 valence electrons. The van der Waals surface area contributed by atoms with Gasteiger partial charge in [0.1, 0.15) is 0 Å². The second-order valence-corrected chi connectivity index (χ2v) is 7.07. The minimum absolute atomic E-state index is 0.891. The number of hydrogen-bond acceptors (Lipinski definition) is 0. The zero-order valence-corrected chi connectivity index (χ0v) is 9.88. The highest BCUT2D eigenvalue weighted by Crippen LogP contribution is 2.67. The van der Waals surface area contributed by atoms with Gasteiger partial charge < -0.3 is 0 Å². The maximum Gasteiger partial charge on any atom is -0.0261 e. The first-order chi connectivity index (χ1) is 7.37. The second kappa shape index (κ2) is 3.02. The van der Waals surface area contributed by atoms with Crippen molar-refractivity contribution >= 4 is 0 Å². The van der Waals surface area contributed by atoms with E-state index in [1.54, 1.807) is 64.2 Å². The number of fused-ring (bicyclic) bond motifs is 3. The summed E-state index contributed by atoms with van der Waals surface area (Å²) in [5, 5.41) is 0. The summed E-state index contributed by atoms with van der Waals surface area (Å²) >= 11 is 0. The molecule has 0 radical (unpaired) electrons. The molecule has 0 aromatic heterocycles. The summed E-state index contributed by atoms with van der Waals surface area (Å²) < 4.78 is 0. The molecule has 2 unspecified atom stereocenters. The van der Waals surface area contributed by atoms with Gasteiger partial charge in [0.05, 0.1) is 0 Å². The van der Waals surface area contributed by atoms with Gasteiger partial charge in [0.2, 0.25) is 0 Å². The Labute approximate surface area is 93.8 Å². The molecule has 0 N–H and O–H groups in total. The van der Waals surface area contributed by atoms with E-state index in [4.69, 9.17) is 0 Å². The molecule has 0 heterocycles. The van der Waals surface area contributed by atoms with Crippen molar-refractivity contribution in [2.75, 3.05) is 0 Å². The maximum atomic E-state index is 1.65. The van der Waals surface area contributed by atoms with E-state index in [9.17, 15) is 0 Å². The van der Waals surface area contributed by atoms with Crippen molar-refractivity contribution in [3.63, 3.8) is 0 Å². The van der Waals surface area contributed by atoms with Gasteiger partial charge in [-0.1, -0.05) is 25.7 Å². The van der Waals surface area contributed by atoms with Crippen LogP contribution >= 0.6 is 0 Å². The summed E-state index contributed by atoms with van der Waals surface area (Å²) in [6, 6.07) is 0. The summed E-state index contributed by atoms with van der Waals surface area (Å²) in [4.78, 5) is 0. The van der Waals surface area contributed by atoms with Crippen molar-refractivity contribution in [3.05, 3.63) is 0 Å². The van der Waals surface area contributed by atoms with Crippen LogP contribution in [0.3, 0.4) is 0 Å². The minimum atomic E-state index is 0.891. The fourth-order valence-corrected chi connectivity index (χ4v) is 6.12. The van der Waals surface area contributed by atoms with E-state index in [1.807, 2.05) is 0 Å². The zero-order chi connectivity index (χ0) is 9.88. The molecule has 15 heavy (non-hydrogen) atoms. The van der Waals surface area contributed by atoms with Crippen molar-refractivity contribution in [3.8, 4) is 0 Å². The SMILES string of the molecule is C1CC[C@H]2C[C@]34CC[C@H](CCC3C2C1)C4. The Bertz CT molecular complexity index is 269. The topological polar surface area (TPSA) is 0 Å². The average Bonchev–Trinajstić information content (AvgIpc) is 2.76. The summed E-state index contributed by atoms with van der Waals surface area (Å²) in [7, 11) is 0. The molecule has 5 atom stereocenters. The van der Waals surface area contributed by atoms with E-state index in [-0.39, 0.29) is 0 Å². The molecule has 0 aliphatic heterocycles. The first-order valence-electron chi connectivity index (χ1n) is 7.37. The Morgan fingerprint density at radius 3 is 2.73 bits per heavy atom. The molecule has 0 aromatic carbocycles. The van der Waals surface area contributed by atoms with E-state index in [0.29, 0.717) is 0 Å². The van der Waals surface area contributed by atoms with Crippen LogP contribution in [0.25, 0.3) is 0 Å². The van der Waals surface area contributed by atoms with Crippen LogP contribution < -0.4 is 0 Å². The molecule has 0 nitrogen and oxygen atoms in total. The Morgan fingerprint density at radius 2 is 1.73 bits per heavy atom. The third-order valence-corrected chi connectivity index (χ3v) is 6.57. The highest BCUT2D eigenvalue weighted by Gasteiger charge is 2.57. The molecule has 4 fully saturated rings. The van der Waals surface area contributed by atoms with Crippen molar-refractivity contribution in [1.82, 2.24) is 0 Å². The van der Waals surface area contributed by atoms with Crippen LogP contribution in [0.15, 0.2) is 0 Å². The van der Waals surface area contributed by atoms with Crippen LogP contribution in [0.5, 0.6) is 0 Å². The van der Waals surface area contributed by atoms with Crippen molar-refractivity contribution in [1.29, 1.82) is 0 Å². The van der Waals surface area contributed by atoms with Gasteiger partial charge in [-0.2, -0.15) is 0 Å². The molecule has 0 saturated heterocycles. The lowest BCUT2D eigenvalue weighted by atomic mass is 9.66. The third kappa shape index (κ3) is 1.14. The van der Waals surface area contributed by atoms with Gasteiger partial charge in [-0.3, -0.25) is 0 Å². The highest BCUT2D eigenvalue weighted by molar-refractivity contribution is 5.07. The fourth-order valence-electron chi connectivity index (χ4n) is 6.12. The quantitative estimate of drug-likeness (QED) is 0.549. The highest BCUT2D eigenvalue weighted by atomic mass is 14.6. The van der Waals surface area contributed by atoms with Gasteiger partial charge in [0.25, 0.3) is 0 Å². The Hall–Kier alpha value is 0. The first-order valence-corrected chi connectivity index (χ1v) is 7.37. The van der Waals surface area contributed by atoms with Crippen LogP contribution in [0, 0.1) is 29.1 Å². The standard InChI is InChI=1S/C15H24/c1-2-4-13-12(3-1)10-15-8-7-11(9-15)5-6-14(13)15/h11-14H,1-10H2/t11-,12-,13?,14?,15+/m0/s1. The molecule has 1 spiro atoms. The molecule has 2 bridgehead atoms. The predicted octanol–water partition coefficient (Wildman–Crippen LogP) is 4.39. The molecular formula is C15H24. The van der Waals surface area contributed by atoms with Gasteiger partial charge in [-0.15, -0.1) is 0 Å². The fraction of sp³-hybridized carbons (Fsp3) is 1.00. The second-order valence-electron chi connectivity index (χ2n) is 7.07. The lowest BCUT2D eigenvalue weighted by molar-refractivity contribution is 0.111. The van der Waals surface area contributed by atoms with Gasteiger partial charge in [-0.25, -0.2) is 0 Å². The summed E-state index contributed by atoms with van der Waals surface area (Å²) in [5.74, 6) is 4.68. The van der Waals surface area contributed by atoms with Gasteiger partial charge in [-0.05, 0) is 67.6 Å². The lowest BCUT2D eigenvalue weighted by Crippen LogP contribution is -2.30. The smallest absolute Gasteiger partial charge is 0.0261 e. The Morgan fingerprint density at radius 1 is 0.800 bits per heavy atom. The van der Waals surface area contributed by atoms with Crippen LogP contribution in [0.2, 0.25) is 0 Å². The van der Waals surface area contributed by atoms with Crippen molar-refractivity contribution in [2.24, 2.45) is 29.1 Å². The molecule has 0 heteroatoms. The molecular weight excluding hydrogens is 180 g/mol. The largest absolute Gasteiger partial charge is 0.0530 e. The van der Waals surface area contributed by atoms with Crippen LogP contribution in [0.4, 0.5) is 0 Å². The first kappa shape index (κ1) is 9.07. The van der Waals surface area contributed by atoms with Crippen LogP contribution in [0.1, 0.15) is 64.2 Å². The summed E-state index contributed by atoms with van der Waals surface area (Å²) in [6.07, 6.45) is 16.0. The van der Waals surface area contributed by atoms with Crippen LogP contribution in [-0.4, -0.2) is 0 Å². The number of rotatable bonds is 0. The van der Waals surface area contributed by atoms with E-state index in [2.05, 4.69) is 0 Å². The summed E-state index contributed by atoms with van der Waals surface area (Å²) in [5.41, 5.74) is 0.891. The number of hydrogen-bond donors (Lipinski definition) is 0. The summed E-state index contributed by atoms with van der Waals surface area (Å²) in [6.45, 7) is 0. The van der Waals surface area contributed by atoms with Gasteiger partial charge in [0, 0.05) is 0 Å². The maximum absolute atomic E-state index is 1.65. The Kier molecular flexibility index (Phi) is 1.83. The van der Waals surface area contributed by atoms with E-state index in [0.717, 1.165) is 11.3 Å². The monoisotopic (exact) mass is 204 g/mol. The predicted molar refractivity (Wildman–Crippen MR) is 62.6 cm³/mol. The zero-order valence-electron chi connectivity index (χ0n) is 9.88. The van der Waals surface area contributed by atoms with E-state index in [1.165, 1.54) is 17.8 Å². The Balaban J connectivity index is 1.68.